The highest BCUT2D eigenvalue weighted by molar-refractivity contribution is 5.95. The molecule has 2 aromatic heterocycles. The lowest BCUT2D eigenvalue weighted by molar-refractivity contribution is 0.0336. The minimum Gasteiger partial charge on any atom is -0.494 e. The molecule has 0 N–H and O–H groups in total. The number of hydrogen-bond acceptors (Lipinski definition) is 7. The van der Waals surface area contributed by atoms with Crippen LogP contribution in [0.1, 0.15) is 39.8 Å². The van der Waals surface area contributed by atoms with Crippen LogP contribution in [-0.4, -0.2) is 60.9 Å². The van der Waals surface area contributed by atoms with Gasteiger partial charge in [0.2, 0.25) is 0 Å². The van der Waals surface area contributed by atoms with E-state index < -0.39 is 5.97 Å². The first kappa shape index (κ1) is 24.4. The predicted octanol–water partition coefficient (Wildman–Crippen LogP) is 3.87. The Labute approximate surface area is 206 Å². The second-order valence-electron chi connectivity index (χ2n) is 8.17. The molecule has 0 spiro atoms. The third-order valence-electron chi connectivity index (χ3n) is 5.62. The summed E-state index contributed by atoms with van der Waals surface area (Å²) >= 11 is 0. The van der Waals surface area contributed by atoms with Crippen molar-refractivity contribution in [3.8, 4) is 28.8 Å². The Balaban J connectivity index is 1.49. The maximum atomic E-state index is 12.4. The number of hydrogen-bond donors (Lipinski definition) is 0. The Morgan fingerprint density at radius 1 is 1.09 bits per heavy atom. The Hall–Kier alpha value is -3.73. The number of carbonyl (C=O) groups excluding carboxylic acids is 1. The largest absolute Gasteiger partial charge is 0.494 e. The zero-order chi connectivity index (χ0) is 24.6. The Morgan fingerprint density at radius 2 is 1.80 bits per heavy atom. The zero-order valence-corrected chi connectivity index (χ0v) is 20.3. The molecular formula is C28H29N3O4. The number of aryl methyl sites for hydroxylation is 1. The molecule has 0 aliphatic carbocycles. The fourth-order valence-electron chi connectivity index (χ4n) is 3.86. The molecule has 1 aromatic carbocycles. The van der Waals surface area contributed by atoms with Crippen LogP contribution in [0.5, 0.6) is 5.75 Å². The first-order valence-corrected chi connectivity index (χ1v) is 11.7. The van der Waals surface area contributed by atoms with Gasteiger partial charge in [-0.25, -0.2) is 9.78 Å². The number of nitrogens with zero attached hydrogens (tertiary/aromatic N) is 3. The SMILES string of the molecule is CCOC(=O)c1cc(C)nc(-c2ccc(C#Cc3ccc(CN4CCOCC4)nc3)cc2)c1OC. The Morgan fingerprint density at radius 3 is 2.46 bits per heavy atom. The van der Waals surface area contributed by atoms with E-state index >= 15 is 0 Å². The van der Waals surface area contributed by atoms with Crippen LogP contribution >= 0.6 is 0 Å². The van der Waals surface area contributed by atoms with Crippen molar-refractivity contribution in [2.24, 2.45) is 0 Å². The van der Waals surface area contributed by atoms with Crippen molar-refractivity contribution in [1.82, 2.24) is 14.9 Å². The smallest absolute Gasteiger partial charge is 0.342 e. The highest BCUT2D eigenvalue weighted by atomic mass is 16.5. The van der Waals surface area contributed by atoms with Gasteiger partial charge in [0.1, 0.15) is 11.3 Å². The number of ether oxygens (including phenoxy) is 3. The van der Waals surface area contributed by atoms with Crippen LogP contribution in [0.2, 0.25) is 0 Å². The van der Waals surface area contributed by atoms with Crippen molar-refractivity contribution in [1.29, 1.82) is 0 Å². The highest BCUT2D eigenvalue weighted by Crippen LogP contribution is 2.32. The third-order valence-corrected chi connectivity index (χ3v) is 5.62. The monoisotopic (exact) mass is 471 g/mol. The van der Waals surface area contributed by atoms with Gasteiger partial charge < -0.3 is 14.2 Å². The summed E-state index contributed by atoms with van der Waals surface area (Å²) in [5.74, 6) is 6.33. The van der Waals surface area contributed by atoms with Crippen LogP contribution in [0.3, 0.4) is 0 Å². The fourth-order valence-corrected chi connectivity index (χ4v) is 3.86. The van der Waals surface area contributed by atoms with Crippen molar-refractivity contribution in [2.75, 3.05) is 40.0 Å². The molecule has 0 amide bonds. The van der Waals surface area contributed by atoms with E-state index in [9.17, 15) is 4.79 Å². The average molecular weight is 472 g/mol. The van der Waals surface area contributed by atoms with Crippen LogP contribution in [0, 0.1) is 18.8 Å². The summed E-state index contributed by atoms with van der Waals surface area (Å²) in [6, 6.07) is 13.4. The molecule has 0 unspecified atom stereocenters. The first-order chi connectivity index (χ1) is 17.1. The van der Waals surface area contributed by atoms with E-state index in [-0.39, 0.29) is 6.61 Å². The van der Waals surface area contributed by atoms with Crippen LogP contribution in [0.4, 0.5) is 0 Å². The van der Waals surface area contributed by atoms with Gasteiger partial charge in [-0.2, -0.15) is 0 Å². The molecule has 1 fully saturated rings. The van der Waals surface area contributed by atoms with E-state index in [1.807, 2.05) is 49.5 Å². The number of carbonyl (C=O) groups is 1. The van der Waals surface area contributed by atoms with Gasteiger partial charge in [-0.3, -0.25) is 9.88 Å². The summed E-state index contributed by atoms with van der Waals surface area (Å²) in [6.07, 6.45) is 1.82. The summed E-state index contributed by atoms with van der Waals surface area (Å²) in [4.78, 5) is 23.9. The molecule has 35 heavy (non-hydrogen) atoms. The molecule has 1 aliphatic heterocycles. The lowest BCUT2D eigenvalue weighted by atomic mass is 10.0. The zero-order valence-electron chi connectivity index (χ0n) is 20.3. The van der Waals surface area contributed by atoms with E-state index in [4.69, 9.17) is 14.2 Å². The first-order valence-electron chi connectivity index (χ1n) is 11.7. The molecule has 180 valence electrons. The number of rotatable bonds is 6. The van der Waals surface area contributed by atoms with Gasteiger partial charge in [0.05, 0.1) is 32.6 Å². The van der Waals surface area contributed by atoms with Crippen molar-refractivity contribution in [3.63, 3.8) is 0 Å². The average Bonchev–Trinajstić information content (AvgIpc) is 2.89. The van der Waals surface area contributed by atoms with Gasteiger partial charge >= 0.3 is 5.97 Å². The molecule has 1 aliphatic rings. The Bertz CT molecular complexity index is 1220. The maximum absolute atomic E-state index is 12.4. The lowest BCUT2D eigenvalue weighted by Crippen LogP contribution is -2.35. The lowest BCUT2D eigenvalue weighted by Gasteiger charge is -2.26. The summed E-state index contributed by atoms with van der Waals surface area (Å²) in [5.41, 5.74) is 5.25. The normalized spacial score (nSPS) is 13.6. The molecule has 7 heteroatoms. The predicted molar refractivity (Wildman–Crippen MR) is 133 cm³/mol. The van der Waals surface area contributed by atoms with E-state index in [0.717, 1.165) is 55.2 Å². The number of pyridine rings is 2. The van der Waals surface area contributed by atoms with Crippen molar-refractivity contribution >= 4 is 5.97 Å². The van der Waals surface area contributed by atoms with E-state index in [1.165, 1.54) is 7.11 Å². The van der Waals surface area contributed by atoms with Crippen LogP contribution in [0.15, 0.2) is 48.7 Å². The van der Waals surface area contributed by atoms with E-state index in [0.29, 0.717) is 22.7 Å². The molecule has 1 saturated heterocycles. The van der Waals surface area contributed by atoms with Crippen molar-refractivity contribution in [2.45, 2.75) is 20.4 Å². The van der Waals surface area contributed by atoms with Gasteiger partial charge in [0, 0.05) is 48.2 Å². The second-order valence-corrected chi connectivity index (χ2v) is 8.17. The maximum Gasteiger partial charge on any atom is 0.342 e. The molecule has 0 radical (unpaired) electrons. The van der Waals surface area contributed by atoms with Gasteiger partial charge in [-0.05, 0) is 44.2 Å². The van der Waals surface area contributed by atoms with Crippen LogP contribution in [-0.2, 0) is 16.0 Å². The van der Waals surface area contributed by atoms with Gasteiger partial charge in [0.25, 0.3) is 0 Å². The molecule has 0 bridgehead atoms. The fraction of sp³-hybridized carbons (Fsp3) is 0.321. The number of esters is 1. The molecule has 0 atom stereocenters. The molecule has 4 rings (SSSR count). The topological polar surface area (TPSA) is 73.8 Å². The number of methoxy groups -OCH3 is 1. The summed E-state index contributed by atoms with van der Waals surface area (Å²) in [7, 11) is 1.53. The molecule has 3 heterocycles. The standard InChI is InChI=1S/C28H29N3O4/c1-4-35-28(32)25-17-20(2)30-26(27(25)33-3)23-10-7-21(8-11-23)5-6-22-9-12-24(29-18-22)19-31-13-15-34-16-14-31/h7-12,17-18H,4,13-16,19H2,1-3H3. The number of morpholine rings is 1. The van der Waals surface area contributed by atoms with Gasteiger partial charge in [0.15, 0.2) is 5.75 Å². The summed E-state index contributed by atoms with van der Waals surface area (Å²) < 4.78 is 16.1. The van der Waals surface area contributed by atoms with Crippen molar-refractivity contribution in [3.05, 3.63) is 76.7 Å². The van der Waals surface area contributed by atoms with Crippen LogP contribution in [0.25, 0.3) is 11.3 Å². The quantitative estimate of drug-likeness (QED) is 0.399. The van der Waals surface area contributed by atoms with Crippen LogP contribution < -0.4 is 4.74 Å². The van der Waals surface area contributed by atoms with E-state index in [2.05, 4.69) is 26.7 Å². The van der Waals surface area contributed by atoms with E-state index in [1.54, 1.807) is 13.0 Å². The third kappa shape index (κ3) is 6.24. The minimum absolute atomic E-state index is 0.290. The molecule has 0 saturated carbocycles. The molecule has 3 aromatic rings. The van der Waals surface area contributed by atoms with Crippen molar-refractivity contribution < 1.29 is 19.0 Å². The van der Waals surface area contributed by atoms with Gasteiger partial charge in [-0.1, -0.05) is 24.0 Å². The molecular weight excluding hydrogens is 442 g/mol. The number of benzene rings is 1. The Kier molecular flexibility index (Phi) is 8.09. The summed E-state index contributed by atoms with van der Waals surface area (Å²) in [6.45, 7) is 8.16. The second kappa shape index (κ2) is 11.6. The summed E-state index contributed by atoms with van der Waals surface area (Å²) in [5, 5.41) is 0. The van der Waals surface area contributed by atoms with Gasteiger partial charge in [-0.15, -0.1) is 0 Å². The highest BCUT2D eigenvalue weighted by Gasteiger charge is 2.20. The number of aromatic nitrogens is 2. The minimum atomic E-state index is -0.428. The molecule has 7 nitrogen and oxygen atoms in total.